The van der Waals surface area contributed by atoms with E-state index in [0.29, 0.717) is 19.3 Å². The average Bonchev–Trinajstić information content (AvgIpc) is 2.54. The minimum absolute atomic E-state index is 0.0724. The first kappa shape index (κ1) is 26.1. The summed E-state index contributed by atoms with van der Waals surface area (Å²) in [6.07, 6.45) is -1.49. The maximum Gasteiger partial charge on any atom is 0.404 e. The predicted octanol–water partition coefficient (Wildman–Crippen LogP) is -1.41. The predicted molar refractivity (Wildman–Crippen MR) is 96.1 cm³/mol. The normalized spacial score (nSPS) is 21.2. The maximum absolute atomic E-state index is 11.7. The third-order valence-corrected chi connectivity index (χ3v) is 4.28. The quantitative estimate of drug-likeness (QED) is 0.252. The van der Waals surface area contributed by atoms with Gasteiger partial charge in [-0.3, -0.25) is 14.4 Å². The first-order valence-corrected chi connectivity index (χ1v) is 8.55. The Morgan fingerprint density at radius 1 is 1.00 bits per heavy atom. The van der Waals surface area contributed by atoms with Gasteiger partial charge in [0.25, 0.3) is 0 Å². The molecule has 166 valence electrons. The molecule has 2 amide bonds. The van der Waals surface area contributed by atoms with Crippen LogP contribution >= 0.6 is 0 Å². The highest BCUT2D eigenvalue weighted by molar-refractivity contribution is 5.88. The number of aliphatic hydroxyl groups is 1. The van der Waals surface area contributed by atoms with Crippen LogP contribution in [0.2, 0.25) is 0 Å². The summed E-state index contributed by atoms with van der Waals surface area (Å²) in [6, 6.07) is -0.512. The van der Waals surface area contributed by atoms with Crippen LogP contribution in [0.3, 0.4) is 0 Å². The molecule has 1 rings (SSSR count). The van der Waals surface area contributed by atoms with Crippen LogP contribution in [0.15, 0.2) is 0 Å². The summed E-state index contributed by atoms with van der Waals surface area (Å²) >= 11 is 0. The Kier molecular flexibility index (Phi) is 10.0. The van der Waals surface area contributed by atoms with Crippen LogP contribution in [-0.4, -0.2) is 92.1 Å². The zero-order valence-electron chi connectivity index (χ0n) is 16.1. The Hall–Kier alpha value is -2.93. The number of carbonyl (C=O) groups is 5. The topological polar surface area (TPSA) is 228 Å². The van der Waals surface area contributed by atoms with Crippen molar-refractivity contribution in [3.8, 4) is 0 Å². The van der Waals surface area contributed by atoms with Gasteiger partial charge < -0.3 is 41.5 Å². The number of carbonyl (C=O) groups excluding carboxylic acids is 1. The molecule has 3 atom stereocenters. The summed E-state index contributed by atoms with van der Waals surface area (Å²) in [4.78, 5) is 54.2. The standard InChI is InChI=1S/C10H19N3O3.C6H8O7/c1-13(2)9(14)6-3-4-8(7(11)5-6)12-10(15)16;7-3(8)1-6(13,5(11)12)2-4(9)10/h6-8,12H,3-5,11H2,1-2H3,(H,15,16);13H,1-2H2,(H,7,8)(H,9,10)(H,11,12)/t6-,7+,8-;/m0./s1. The molecule has 13 nitrogen and oxygen atoms in total. The van der Waals surface area contributed by atoms with E-state index in [1.54, 1.807) is 19.0 Å². The summed E-state index contributed by atoms with van der Waals surface area (Å²) in [5, 5.41) is 44.8. The van der Waals surface area contributed by atoms with Gasteiger partial charge in [0.2, 0.25) is 5.91 Å². The Labute approximate surface area is 166 Å². The highest BCUT2D eigenvalue weighted by atomic mass is 16.4. The van der Waals surface area contributed by atoms with E-state index in [0.717, 1.165) is 0 Å². The molecule has 0 radical (unpaired) electrons. The fourth-order valence-corrected chi connectivity index (χ4v) is 2.85. The lowest BCUT2D eigenvalue weighted by Gasteiger charge is -2.34. The third kappa shape index (κ3) is 9.21. The molecule has 8 N–H and O–H groups in total. The van der Waals surface area contributed by atoms with Crippen molar-refractivity contribution in [3.63, 3.8) is 0 Å². The van der Waals surface area contributed by atoms with Gasteiger partial charge >= 0.3 is 24.0 Å². The Bertz CT molecular complexity index is 620. The SMILES string of the molecule is CN(C)C(=O)[C@H]1CC[C@H](NC(=O)O)[C@H](N)C1.O=C(O)CC(O)(CC(=O)O)C(=O)O. The molecular weight excluding hydrogens is 394 g/mol. The second-order valence-corrected chi connectivity index (χ2v) is 6.94. The zero-order chi connectivity index (χ0) is 22.9. The first-order chi connectivity index (χ1) is 13.2. The zero-order valence-corrected chi connectivity index (χ0v) is 16.1. The van der Waals surface area contributed by atoms with Crippen molar-refractivity contribution in [2.45, 2.75) is 49.8 Å². The highest BCUT2D eigenvalue weighted by Crippen LogP contribution is 2.25. The van der Waals surface area contributed by atoms with Gasteiger partial charge in [-0.1, -0.05) is 0 Å². The fourth-order valence-electron chi connectivity index (χ4n) is 2.85. The van der Waals surface area contributed by atoms with Crippen LogP contribution in [0.25, 0.3) is 0 Å². The number of nitrogens with one attached hydrogen (secondary N) is 1. The van der Waals surface area contributed by atoms with Crippen LogP contribution in [0.1, 0.15) is 32.1 Å². The maximum atomic E-state index is 11.7. The Morgan fingerprint density at radius 2 is 1.48 bits per heavy atom. The highest BCUT2D eigenvalue weighted by Gasteiger charge is 2.40. The monoisotopic (exact) mass is 421 g/mol. The lowest BCUT2D eigenvalue weighted by Crippen LogP contribution is -2.52. The molecule has 0 heterocycles. The smallest absolute Gasteiger partial charge is 0.404 e. The largest absolute Gasteiger partial charge is 0.481 e. The van der Waals surface area contributed by atoms with Gasteiger partial charge in [-0.15, -0.1) is 0 Å². The number of nitrogens with zero attached hydrogens (tertiary/aromatic N) is 1. The van der Waals surface area contributed by atoms with Crippen LogP contribution in [-0.2, 0) is 19.2 Å². The number of hydrogen-bond donors (Lipinski definition) is 7. The van der Waals surface area contributed by atoms with E-state index in [1.807, 2.05) is 0 Å². The molecule has 0 saturated heterocycles. The lowest BCUT2D eigenvalue weighted by atomic mass is 9.82. The van der Waals surface area contributed by atoms with Crippen molar-refractivity contribution in [1.29, 1.82) is 0 Å². The van der Waals surface area contributed by atoms with Gasteiger partial charge in [0.05, 0.1) is 12.8 Å². The van der Waals surface area contributed by atoms with Crippen molar-refractivity contribution in [3.05, 3.63) is 0 Å². The number of carboxylic acids is 3. The molecule has 0 aromatic heterocycles. The molecule has 0 aliphatic heterocycles. The average molecular weight is 421 g/mol. The molecule has 0 aromatic rings. The molecule has 1 aliphatic carbocycles. The second-order valence-electron chi connectivity index (χ2n) is 6.94. The molecule has 29 heavy (non-hydrogen) atoms. The van der Waals surface area contributed by atoms with Gasteiger partial charge in [-0.25, -0.2) is 9.59 Å². The van der Waals surface area contributed by atoms with Crippen molar-refractivity contribution in [1.82, 2.24) is 10.2 Å². The number of amides is 2. The van der Waals surface area contributed by atoms with Gasteiger partial charge in [0, 0.05) is 32.1 Å². The van der Waals surface area contributed by atoms with E-state index in [9.17, 15) is 24.0 Å². The molecule has 0 bridgehead atoms. The van der Waals surface area contributed by atoms with Crippen molar-refractivity contribution in [2.75, 3.05) is 14.1 Å². The first-order valence-electron chi connectivity index (χ1n) is 8.55. The van der Waals surface area contributed by atoms with Crippen LogP contribution in [0.4, 0.5) is 4.79 Å². The fraction of sp³-hybridized carbons (Fsp3) is 0.688. The van der Waals surface area contributed by atoms with Crippen molar-refractivity contribution in [2.24, 2.45) is 11.7 Å². The van der Waals surface area contributed by atoms with E-state index in [2.05, 4.69) is 5.32 Å². The van der Waals surface area contributed by atoms with E-state index < -0.39 is 42.4 Å². The van der Waals surface area contributed by atoms with Gasteiger partial charge in [0.1, 0.15) is 0 Å². The molecule has 0 unspecified atom stereocenters. The minimum atomic E-state index is -2.74. The van der Waals surface area contributed by atoms with E-state index >= 15 is 0 Å². The van der Waals surface area contributed by atoms with Crippen LogP contribution < -0.4 is 11.1 Å². The molecule has 13 heteroatoms. The number of carboxylic acid groups (broad SMARTS) is 4. The van der Waals surface area contributed by atoms with Crippen molar-refractivity contribution < 1.29 is 49.5 Å². The molecule has 0 spiro atoms. The number of hydrogen-bond acceptors (Lipinski definition) is 7. The van der Waals surface area contributed by atoms with E-state index in [4.69, 9.17) is 31.3 Å². The molecule has 1 aliphatic rings. The summed E-state index contributed by atoms with van der Waals surface area (Å²) in [5.74, 6) is -5.02. The van der Waals surface area contributed by atoms with E-state index in [1.165, 1.54) is 0 Å². The van der Waals surface area contributed by atoms with Gasteiger partial charge in [0.15, 0.2) is 5.60 Å². The Morgan fingerprint density at radius 3 is 1.79 bits per heavy atom. The van der Waals surface area contributed by atoms with E-state index in [-0.39, 0.29) is 23.9 Å². The third-order valence-electron chi connectivity index (χ3n) is 4.28. The van der Waals surface area contributed by atoms with Crippen LogP contribution in [0.5, 0.6) is 0 Å². The minimum Gasteiger partial charge on any atom is -0.481 e. The summed E-state index contributed by atoms with van der Waals surface area (Å²) in [6.45, 7) is 0. The van der Waals surface area contributed by atoms with Crippen molar-refractivity contribution >= 4 is 29.9 Å². The molecule has 1 fully saturated rings. The Balaban J connectivity index is 0.000000555. The van der Waals surface area contributed by atoms with Gasteiger partial charge in [-0.2, -0.15) is 0 Å². The molecule has 1 saturated carbocycles. The summed E-state index contributed by atoms with van der Waals surface area (Å²) in [7, 11) is 3.44. The van der Waals surface area contributed by atoms with Gasteiger partial charge in [-0.05, 0) is 19.3 Å². The number of nitrogens with two attached hydrogens (primary N) is 1. The number of aliphatic carboxylic acids is 3. The second kappa shape index (κ2) is 11.2. The summed E-state index contributed by atoms with van der Waals surface area (Å²) < 4.78 is 0. The molecule has 0 aromatic carbocycles. The lowest BCUT2D eigenvalue weighted by molar-refractivity contribution is -0.170. The number of rotatable bonds is 7. The van der Waals surface area contributed by atoms with Crippen LogP contribution in [0, 0.1) is 5.92 Å². The summed E-state index contributed by atoms with van der Waals surface area (Å²) in [5.41, 5.74) is 3.12. The molecular formula is C16H27N3O10.